The van der Waals surface area contributed by atoms with E-state index >= 15 is 0 Å². The third-order valence-electron chi connectivity index (χ3n) is 4.88. The Labute approximate surface area is 126 Å². The first-order chi connectivity index (χ1) is 10.1. The fraction of sp³-hybridized carbons (Fsp3) is 0.529. The molecule has 21 heavy (non-hydrogen) atoms. The molecule has 1 aliphatic rings. The zero-order valence-corrected chi connectivity index (χ0v) is 13.0. The van der Waals surface area contributed by atoms with E-state index < -0.39 is 0 Å². The number of benzene rings is 1. The predicted molar refractivity (Wildman–Crippen MR) is 84.1 cm³/mol. The van der Waals surface area contributed by atoms with Gasteiger partial charge in [-0.15, -0.1) is 10.2 Å². The molecule has 0 bridgehead atoms. The van der Waals surface area contributed by atoms with Gasteiger partial charge >= 0.3 is 0 Å². The molecule has 1 aliphatic carbocycles. The maximum absolute atomic E-state index is 5.25. The molecule has 1 aromatic heterocycles. The zero-order valence-electron chi connectivity index (χ0n) is 13.0. The Morgan fingerprint density at radius 2 is 2.10 bits per heavy atom. The summed E-state index contributed by atoms with van der Waals surface area (Å²) in [6, 6.07) is 6.84. The third kappa shape index (κ3) is 2.94. The van der Waals surface area contributed by atoms with Gasteiger partial charge in [-0.05, 0) is 48.9 Å². The van der Waals surface area contributed by atoms with Crippen molar-refractivity contribution in [1.29, 1.82) is 0 Å². The molecule has 0 aliphatic heterocycles. The molecule has 2 aromatic rings. The smallest absolute Gasteiger partial charge is 0.247 e. The average Bonchev–Trinajstić information content (AvgIpc) is 3.00. The summed E-state index contributed by atoms with van der Waals surface area (Å²) in [5.74, 6) is 2.09. The summed E-state index contributed by atoms with van der Waals surface area (Å²) in [6.07, 6.45) is 5.30. The van der Waals surface area contributed by atoms with Gasteiger partial charge < -0.3 is 9.73 Å². The molecule has 4 heteroatoms. The molecule has 0 amide bonds. The number of rotatable bonds is 3. The first-order valence-electron chi connectivity index (χ1n) is 7.79. The van der Waals surface area contributed by atoms with Crippen LogP contribution in [0.4, 0.5) is 5.69 Å². The third-order valence-corrected chi connectivity index (χ3v) is 4.88. The fourth-order valence-corrected chi connectivity index (χ4v) is 3.24. The van der Waals surface area contributed by atoms with Crippen molar-refractivity contribution >= 4 is 5.69 Å². The monoisotopic (exact) mass is 285 g/mol. The van der Waals surface area contributed by atoms with Gasteiger partial charge in [0.2, 0.25) is 12.3 Å². The zero-order chi connectivity index (χ0) is 14.8. The van der Waals surface area contributed by atoms with Crippen LogP contribution in [0.25, 0.3) is 11.5 Å². The van der Waals surface area contributed by atoms with E-state index in [1.807, 2.05) is 6.07 Å². The van der Waals surface area contributed by atoms with Gasteiger partial charge in [0.05, 0.1) is 0 Å². The van der Waals surface area contributed by atoms with Crippen LogP contribution in [0.5, 0.6) is 0 Å². The summed E-state index contributed by atoms with van der Waals surface area (Å²) in [4.78, 5) is 0. The lowest BCUT2D eigenvalue weighted by atomic mass is 9.78. The lowest BCUT2D eigenvalue weighted by Gasteiger charge is -2.35. The van der Waals surface area contributed by atoms with E-state index in [1.54, 1.807) is 0 Å². The molecule has 3 unspecified atom stereocenters. The number of aryl methyl sites for hydroxylation is 1. The molecule has 112 valence electrons. The summed E-state index contributed by atoms with van der Waals surface area (Å²) >= 11 is 0. The SMILES string of the molecule is Cc1cc(-c2nnco2)ccc1NC1CCCC(C)C1C. The quantitative estimate of drug-likeness (QED) is 0.914. The Balaban J connectivity index is 1.77. The van der Waals surface area contributed by atoms with Crippen LogP contribution in [-0.2, 0) is 0 Å². The molecular formula is C17H23N3O. The van der Waals surface area contributed by atoms with Crippen molar-refractivity contribution in [3.05, 3.63) is 30.2 Å². The summed E-state index contributed by atoms with van der Waals surface area (Å²) < 4.78 is 5.25. The predicted octanol–water partition coefficient (Wildman–Crippen LogP) is 4.28. The van der Waals surface area contributed by atoms with Crippen molar-refractivity contribution in [3.63, 3.8) is 0 Å². The molecule has 0 radical (unpaired) electrons. The number of anilines is 1. The Hall–Kier alpha value is -1.84. The highest BCUT2D eigenvalue weighted by Gasteiger charge is 2.27. The maximum Gasteiger partial charge on any atom is 0.247 e. The van der Waals surface area contributed by atoms with Gasteiger partial charge in [0.25, 0.3) is 0 Å². The number of hydrogen-bond donors (Lipinski definition) is 1. The molecule has 0 saturated heterocycles. The van der Waals surface area contributed by atoms with Crippen molar-refractivity contribution in [2.24, 2.45) is 11.8 Å². The van der Waals surface area contributed by atoms with Crippen molar-refractivity contribution in [2.75, 3.05) is 5.32 Å². The van der Waals surface area contributed by atoms with Crippen LogP contribution < -0.4 is 5.32 Å². The van der Waals surface area contributed by atoms with Gasteiger partial charge in [-0.25, -0.2) is 0 Å². The van der Waals surface area contributed by atoms with Gasteiger partial charge in [-0.3, -0.25) is 0 Å². The fourth-order valence-electron chi connectivity index (χ4n) is 3.24. The summed E-state index contributed by atoms with van der Waals surface area (Å²) in [5, 5.41) is 11.4. The Bertz CT molecular complexity index is 594. The number of hydrogen-bond acceptors (Lipinski definition) is 4. The van der Waals surface area contributed by atoms with E-state index in [0.29, 0.717) is 17.9 Å². The second kappa shape index (κ2) is 5.88. The topological polar surface area (TPSA) is 51.0 Å². The van der Waals surface area contributed by atoms with Gasteiger partial charge in [-0.1, -0.05) is 26.7 Å². The second-order valence-electron chi connectivity index (χ2n) is 6.29. The molecule has 3 rings (SSSR count). The molecule has 3 atom stereocenters. The molecule has 1 saturated carbocycles. The van der Waals surface area contributed by atoms with E-state index in [1.165, 1.54) is 36.9 Å². The second-order valence-corrected chi connectivity index (χ2v) is 6.29. The van der Waals surface area contributed by atoms with E-state index in [2.05, 4.69) is 48.4 Å². The minimum absolute atomic E-state index is 0.571. The van der Waals surface area contributed by atoms with E-state index in [4.69, 9.17) is 4.42 Å². The van der Waals surface area contributed by atoms with Gasteiger partial charge in [0.1, 0.15) is 0 Å². The summed E-state index contributed by atoms with van der Waals surface area (Å²) in [7, 11) is 0. The molecule has 1 aromatic carbocycles. The Morgan fingerprint density at radius 1 is 1.24 bits per heavy atom. The largest absolute Gasteiger partial charge is 0.423 e. The Morgan fingerprint density at radius 3 is 2.81 bits per heavy atom. The van der Waals surface area contributed by atoms with E-state index in [-0.39, 0.29) is 0 Å². The van der Waals surface area contributed by atoms with Crippen molar-refractivity contribution < 1.29 is 4.42 Å². The maximum atomic E-state index is 5.25. The lowest BCUT2D eigenvalue weighted by Crippen LogP contribution is -2.35. The summed E-state index contributed by atoms with van der Waals surface area (Å²) in [6.45, 7) is 6.85. The minimum atomic E-state index is 0.571. The van der Waals surface area contributed by atoms with Gasteiger partial charge in [0.15, 0.2) is 0 Å². The first kappa shape index (κ1) is 14.1. The molecule has 4 nitrogen and oxygen atoms in total. The molecule has 1 heterocycles. The van der Waals surface area contributed by atoms with Crippen LogP contribution in [0, 0.1) is 18.8 Å². The molecule has 1 fully saturated rings. The highest BCUT2D eigenvalue weighted by Crippen LogP contribution is 2.33. The first-order valence-corrected chi connectivity index (χ1v) is 7.79. The highest BCUT2D eigenvalue weighted by molar-refractivity contribution is 5.62. The van der Waals surface area contributed by atoms with Crippen molar-refractivity contribution in [3.8, 4) is 11.5 Å². The normalized spacial score (nSPS) is 25.8. The van der Waals surface area contributed by atoms with E-state index in [0.717, 1.165) is 11.5 Å². The standard InChI is InChI=1S/C17H23N3O/c1-11-5-4-6-16(13(11)3)19-15-8-7-14(9-12(15)2)17-20-18-10-21-17/h7-11,13,16,19H,4-6H2,1-3H3. The molecular weight excluding hydrogens is 262 g/mol. The number of nitrogens with zero attached hydrogens (tertiary/aromatic N) is 2. The van der Waals surface area contributed by atoms with Crippen LogP contribution in [0.2, 0.25) is 0 Å². The van der Waals surface area contributed by atoms with Crippen LogP contribution >= 0.6 is 0 Å². The average molecular weight is 285 g/mol. The van der Waals surface area contributed by atoms with Crippen LogP contribution in [-0.4, -0.2) is 16.2 Å². The van der Waals surface area contributed by atoms with Crippen LogP contribution in [0.1, 0.15) is 38.7 Å². The molecule has 1 N–H and O–H groups in total. The lowest BCUT2D eigenvalue weighted by molar-refractivity contribution is 0.253. The number of aromatic nitrogens is 2. The highest BCUT2D eigenvalue weighted by atomic mass is 16.4. The van der Waals surface area contributed by atoms with Crippen LogP contribution in [0.15, 0.2) is 29.0 Å². The molecule has 0 spiro atoms. The van der Waals surface area contributed by atoms with Gasteiger partial charge in [-0.2, -0.15) is 0 Å². The minimum Gasteiger partial charge on any atom is -0.423 e. The van der Waals surface area contributed by atoms with Crippen molar-refractivity contribution in [1.82, 2.24) is 10.2 Å². The Kier molecular flexibility index (Phi) is 3.95. The summed E-state index contributed by atoms with van der Waals surface area (Å²) in [5.41, 5.74) is 3.40. The van der Waals surface area contributed by atoms with Crippen LogP contribution in [0.3, 0.4) is 0 Å². The van der Waals surface area contributed by atoms with E-state index in [9.17, 15) is 0 Å². The van der Waals surface area contributed by atoms with Crippen molar-refractivity contribution in [2.45, 2.75) is 46.1 Å². The van der Waals surface area contributed by atoms with Gasteiger partial charge in [0, 0.05) is 17.3 Å². The number of nitrogens with one attached hydrogen (secondary N) is 1.